The minimum atomic E-state index is -2.07. The van der Waals surface area contributed by atoms with Crippen molar-refractivity contribution in [2.45, 2.75) is 6.36 Å². The monoisotopic (exact) mass is 128 g/mol. The van der Waals surface area contributed by atoms with Crippen LogP contribution in [0.5, 0.6) is 0 Å². The average Bonchev–Trinajstić information content (AvgIpc) is 1.65. The summed E-state index contributed by atoms with van der Waals surface area (Å²) >= 11 is 0. The van der Waals surface area contributed by atoms with E-state index in [1.807, 2.05) is 0 Å². The molecule has 0 amide bonds. The van der Waals surface area contributed by atoms with Crippen LogP contribution in [0.15, 0.2) is 12.7 Å². The SMILES string of the molecule is C=CC(F)OB(O)O.[LiH]. The molecule has 0 bridgehead atoms. The summed E-state index contributed by atoms with van der Waals surface area (Å²) in [6.45, 7) is 2.99. The fraction of sp³-hybridized carbons (Fsp3) is 0.333. The Hall–Kier alpha value is 0.212. The van der Waals surface area contributed by atoms with Crippen LogP contribution in [-0.4, -0.2) is 42.6 Å². The van der Waals surface area contributed by atoms with Gasteiger partial charge >= 0.3 is 26.2 Å². The van der Waals surface area contributed by atoms with Crippen molar-refractivity contribution in [3.05, 3.63) is 12.7 Å². The summed E-state index contributed by atoms with van der Waals surface area (Å²) in [7, 11) is -2.07. The molecular weight excluding hydrogens is 121 g/mol. The number of rotatable bonds is 3. The molecule has 1 unspecified atom stereocenters. The first-order chi connectivity index (χ1) is 3.66. The molecule has 48 valence electrons. The number of alkyl halides is 1. The third kappa shape index (κ3) is 8.21. The van der Waals surface area contributed by atoms with Gasteiger partial charge in [0.15, 0.2) is 0 Å². The molecule has 0 radical (unpaired) electrons. The van der Waals surface area contributed by atoms with Gasteiger partial charge in [0, 0.05) is 0 Å². The van der Waals surface area contributed by atoms with Gasteiger partial charge in [0.25, 0.3) is 0 Å². The van der Waals surface area contributed by atoms with Crippen molar-refractivity contribution < 1.29 is 19.1 Å². The molecular formula is C3H7BFLiO3. The summed E-state index contributed by atoms with van der Waals surface area (Å²) in [5, 5.41) is 15.8. The molecule has 2 N–H and O–H groups in total. The third-order valence-corrected chi connectivity index (χ3v) is 0.437. The van der Waals surface area contributed by atoms with Gasteiger partial charge in [0.1, 0.15) is 0 Å². The Kier molecular flexibility index (Phi) is 8.41. The van der Waals surface area contributed by atoms with E-state index in [1.165, 1.54) is 0 Å². The Labute approximate surface area is 64.9 Å². The van der Waals surface area contributed by atoms with Crippen molar-refractivity contribution in [3.8, 4) is 0 Å². The van der Waals surface area contributed by atoms with Crippen LogP contribution in [0.2, 0.25) is 0 Å². The van der Waals surface area contributed by atoms with Gasteiger partial charge in [-0.1, -0.05) is 6.58 Å². The standard InChI is InChI=1S/C3H6BFO3.Li.H/c1-2-3(5)8-4(6)7;;/h2-3,6-7H,1H2;;. The van der Waals surface area contributed by atoms with E-state index in [1.54, 1.807) is 0 Å². The first-order valence-corrected chi connectivity index (χ1v) is 1.95. The molecule has 0 spiro atoms. The Morgan fingerprint density at radius 1 is 1.67 bits per heavy atom. The normalized spacial score (nSPS) is 11.4. The zero-order chi connectivity index (χ0) is 6.57. The van der Waals surface area contributed by atoms with Crippen LogP contribution in [-0.2, 0) is 4.65 Å². The van der Waals surface area contributed by atoms with Crippen LogP contribution in [0.4, 0.5) is 4.39 Å². The number of hydrogen-bond donors (Lipinski definition) is 2. The van der Waals surface area contributed by atoms with E-state index in [4.69, 9.17) is 10.0 Å². The zero-order valence-corrected chi connectivity index (χ0v) is 4.12. The maximum absolute atomic E-state index is 11.7. The molecule has 0 rings (SSSR count). The van der Waals surface area contributed by atoms with Gasteiger partial charge in [-0.25, -0.2) is 4.39 Å². The summed E-state index contributed by atoms with van der Waals surface area (Å²) in [5.74, 6) is 0. The topological polar surface area (TPSA) is 49.7 Å². The van der Waals surface area contributed by atoms with Gasteiger partial charge in [-0.3, -0.25) is 0 Å². The van der Waals surface area contributed by atoms with Gasteiger partial charge in [0.2, 0.25) is 6.36 Å². The van der Waals surface area contributed by atoms with Crippen LogP contribution < -0.4 is 0 Å². The Morgan fingerprint density at radius 3 is 2.22 bits per heavy atom. The number of hydrogen-bond acceptors (Lipinski definition) is 3. The van der Waals surface area contributed by atoms with Crippen molar-refractivity contribution in [3.63, 3.8) is 0 Å². The molecule has 0 aromatic heterocycles. The van der Waals surface area contributed by atoms with E-state index in [0.29, 0.717) is 0 Å². The Balaban J connectivity index is 0. The molecule has 1 atom stereocenters. The Morgan fingerprint density at radius 2 is 2.11 bits per heavy atom. The fourth-order valence-electron chi connectivity index (χ4n) is 0.172. The van der Waals surface area contributed by atoms with E-state index in [2.05, 4.69) is 11.2 Å². The molecule has 0 fully saturated rings. The van der Waals surface area contributed by atoms with Crippen molar-refractivity contribution in [2.75, 3.05) is 0 Å². The second-order valence-corrected chi connectivity index (χ2v) is 1.05. The molecule has 0 saturated carbocycles. The van der Waals surface area contributed by atoms with Crippen molar-refractivity contribution in [2.24, 2.45) is 0 Å². The van der Waals surface area contributed by atoms with Crippen molar-refractivity contribution in [1.29, 1.82) is 0 Å². The third-order valence-electron chi connectivity index (χ3n) is 0.437. The molecule has 0 aliphatic rings. The predicted octanol–water partition coefficient (Wildman–Crippen LogP) is -1.19. The molecule has 6 heteroatoms. The minimum absolute atomic E-state index is 0. The molecule has 0 aliphatic heterocycles. The maximum atomic E-state index is 11.7. The fourth-order valence-corrected chi connectivity index (χ4v) is 0.172. The van der Waals surface area contributed by atoms with E-state index >= 15 is 0 Å². The summed E-state index contributed by atoms with van der Waals surface area (Å²) in [6.07, 6.45) is -1.01. The molecule has 0 aromatic carbocycles. The molecule has 9 heavy (non-hydrogen) atoms. The van der Waals surface area contributed by atoms with Gasteiger partial charge in [-0.15, -0.1) is 0 Å². The second kappa shape index (κ2) is 6.33. The zero-order valence-electron chi connectivity index (χ0n) is 4.12. The Bertz CT molecular complexity index is 81.5. The van der Waals surface area contributed by atoms with E-state index in [0.717, 1.165) is 6.08 Å². The van der Waals surface area contributed by atoms with Crippen LogP contribution in [0.25, 0.3) is 0 Å². The van der Waals surface area contributed by atoms with E-state index < -0.39 is 13.7 Å². The van der Waals surface area contributed by atoms with Gasteiger partial charge < -0.3 is 14.7 Å². The molecule has 3 nitrogen and oxygen atoms in total. The number of halogens is 1. The van der Waals surface area contributed by atoms with Crippen LogP contribution in [0.1, 0.15) is 0 Å². The summed E-state index contributed by atoms with van der Waals surface area (Å²) in [5.41, 5.74) is 0. The predicted molar refractivity (Wildman–Crippen MR) is 33.5 cm³/mol. The summed E-state index contributed by atoms with van der Waals surface area (Å²) < 4.78 is 15.4. The van der Waals surface area contributed by atoms with Crippen LogP contribution in [0, 0.1) is 0 Å². The molecule has 0 aliphatic carbocycles. The quantitative estimate of drug-likeness (QED) is 0.370. The molecule has 0 heterocycles. The van der Waals surface area contributed by atoms with Crippen LogP contribution >= 0.6 is 0 Å². The van der Waals surface area contributed by atoms with Gasteiger partial charge in [-0.2, -0.15) is 0 Å². The summed E-state index contributed by atoms with van der Waals surface area (Å²) in [4.78, 5) is 0. The molecule has 0 aromatic rings. The van der Waals surface area contributed by atoms with Crippen molar-refractivity contribution >= 4 is 26.2 Å². The van der Waals surface area contributed by atoms with Gasteiger partial charge in [-0.05, 0) is 6.08 Å². The van der Waals surface area contributed by atoms with Crippen LogP contribution in [0.3, 0.4) is 0 Å². The van der Waals surface area contributed by atoms with Crippen molar-refractivity contribution in [1.82, 2.24) is 0 Å². The van der Waals surface area contributed by atoms with Gasteiger partial charge in [0.05, 0.1) is 0 Å². The molecule has 0 saturated heterocycles. The second-order valence-electron chi connectivity index (χ2n) is 1.05. The average molecular weight is 128 g/mol. The van der Waals surface area contributed by atoms with E-state index in [-0.39, 0.29) is 18.9 Å². The first-order valence-electron chi connectivity index (χ1n) is 1.95. The summed E-state index contributed by atoms with van der Waals surface area (Å²) in [6, 6.07) is 0. The van der Waals surface area contributed by atoms with E-state index in [9.17, 15) is 4.39 Å². The first kappa shape index (κ1) is 11.9.